The van der Waals surface area contributed by atoms with Crippen LogP contribution in [0.1, 0.15) is 5.56 Å². The maximum Gasteiger partial charge on any atom is 0.198 e. The molecule has 5 aromatic rings. The highest BCUT2D eigenvalue weighted by molar-refractivity contribution is 6.45. The van der Waals surface area contributed by atoms with E-state index in [0.717, 1.165) is 0 Å². The number of rotatable bonds is 1. The molecule has 0 saturated heterocycles. The van der Waals surface area contributed by atoms with Crippen LogP contribution in [0.2, 0.25) is 10.0 Å². The van der Waals surface area contributed by atoms with E-state index in [2.05, 4.69) is 9.97 Å². The second-order valence-electron chi connectivity index (χ2n) is 6.69. The molecule has 5 nitrogen and oxygen atoms in total. The quantitative estimate of drug-likeness (QED) is 0.357. The third kappa shape index (κ3) is 2.31. The number of halogens is 2. The fourth-order valence-corrected chi connectivity index (χ4v) is 4.23. The van der Waals surface area contributed by atoms with E-state index in [1.807, 2.05) is 18.2 Å². The Morgan fingerprint density at radius 2 is 1.39 bits per heavy atom. The van der Waals surface area contributed by atoms with Gasteiger partial charge in [-0.3, -0.25) is 9.59 Å². The number of aromatic amines is 2. The molecule has 0 unspecified atom stereocenters. The van der Waals surface area contributed by atoms with Crippen molar-refractivity contribution in [2.45, 2.75) is 6.54 Å². The zero-order valence-corrected chi connectivity index (χ0v) is 15.9. The van der Waals surface area contributed by atoms with Gasteiger partial charge in [0, 0.05) is 28.2 Å². The van der Waals surface area contributed by atoms with Crippen LogP contribution in [0.25, 0.3) is 43.6 Å². The van der Waals surface area contributed by atoms with E-state index < -0.39 is 0 Å². The summed E-state index contributed by atoms with van der Waals surface area (Å²) in [6, 6.07) is 12.4. The summed E-state index contributed by atoms with van der Waals surface area (Å²) < 4.78 is 0. The molecular weight excluding hydrogens is 397 g/mol. The van der Waals surface area contributed by atoms with Crippen LogP contribution in [-0.4, -0.2) is 9.97 Å². The van der Waals surface area contributed by atoms with Crippen molar-refractivity contribution < 1.29 is 0 Å². The van der Waals surface area contributed by atoms with E-state index in [1.54, 1.807) is 24.3 Å². The van der Waals surface area contributed by atoms with Gasteiger partial charge < -0.3 is 15.7 Å². The Morgan fingerprint density at radius 3 is 2.11 bits per heavy atom. The average Bonchev–Trinajstić information content (AvgIpc) is 2.70. The van der Waals surface area contributed by atoms with Crippen molar-refractivity contribution >= 4 is 66.8 Å². The molecule has 7 heteroatoms. The van der Waals surface area contributed by atoms with Crippen molar-refractivity contribution in [2.75, 3.05) is 0 Å². The molecule has 0 radical (unpaired) electrons. The maximum atomic E-state index is 13.2. The Kier molecular flexibility index (Phi) is 3.74. The van der Waals surface area contributed by atoms with Crippen LogP contribution in [0.5, 0.6) is 0 Å². The number of para-hydroxylation sites is 1. The molecule has 2 heterocycles. The number of hydrogen-bond acceptors (Lipinski definition) is 3. The van der Waals surface area contributed by atoms with Crippen molar-refractivity contribution in [1.29, 1.82) is 0 Å². The maximum absolute atomic E-state index is 13.2. The highest BCUT2D eigenvalue weighted by atomic mass is 35.5. The first-order valence-electron chi connectivity index (χ1n) is 8.61. The van der Waals surface area contributed by atoms with Crippen molar-refractivity contribution in [1.82, 2.24) is 9.97 Å². The first-order valence-corrected chi connectivity index (χ1v) is 9.36. The van der Waals surface area contributed by atoms with Gasteiger partial charge in [0.05, 0.1) is 32.0 Å². The molecule has 0 bridgehead atoms. The minimum absolute atomic E-state index is 0.0935. The van der Waals surface area contributed by atoms with E-state index in [1.165, 1.54) is 0 Å². The topological polar surface area (TPSA) is 91.7 Å². The lowest BCUT2D eigenvalue weighted by molar-refractivity contribution is 1.07. The number of fused-ring (bicyclic) bond motifs is 4. The Bertz CT molecular complexity index is 1570. The molecule has 0 spiro atoms. The van der Waals surface area contributed by atoms with Gasteiger partial charge in [-0.1, -0.05) is 35.3 Å². The molecule has 138 valence electrons. The standard InChI is InChI=1S/C21H13Cl2N3O2/c22-18-9(8-24)5-16-17(19(18)23)21(28)12-7-14-11(6-15(12)26-16)20(27)10-3-1-2-4-13(10)25-14/h1-7H,8,24H2,(H,25,27)(H,26,28). The van der Waals surface area contributed by atoms with E-state index in [0.29, 0.717) is 49.2 Å². The summed E-state index contributed by atoms with van der Waals surface area (Å²) >= 11 is 12.6. The van der Waals surface area contributed by atoms with Gasteiger partial charge in [-0.25, -0.2) is 0 Å². The second kappa shape index (κ2) is 6.07. The number of nitrogens with two attached hydrogens (primary N) is 1. The third-order valence-electron chi connectivity index (χ3n) is 5.09. The summed E-state index contributed by atoms with van der Waals surface area (Å²) in [5, 5.41) is 2.28. The molecule has 0 aliphatic rings. The Morgan fingerprint density at radius 1 is 0.750 bits per heavy atom. The van der Waals surface area contributed by atoms with Crippen molar-refractivity contribution in [2.24, 2.45) is 5.73 Å². The molecule has 0 aliphatic carbocycles. The van der Waals surface area contributed by atoms with Crippen LogP contribution in [0, 0.1) is 0 Å². The highest BCUT2D eigenvalue weighted by Gasteiger charge is 2.16. The van der Waals surface area contributed by atoms with Crippen molar-refractivity contribution in [3.05, 3.63) is 78.5 Å². The lowest BCUT2D eigenvalue weighted by Crippen LogP contribution is -2.09. The summed E-state index contributed by atoms with van der Waals surface area (Å²) in [6.45, 7) is 0.192. The number of hydrogen-bond donors (Lipinski definition) is 3. The van der Waals surface area contributed by atoms with Crippen LogP contribution in [0.3, 0.4) is 0 Å². The predicted molar refractivity (Wildman–Crippen MR) is 116 cm³/mol. The van der Waals surface area contributed by atoms with E-state index >= 15 is 0 Å². The van der Waals surface area contributed by atoms with Crippen LogP contribution in [0.4, 0.5) is 0 Å². The fourth-order valence-electron chi connectivity index (χ4n) is 3.69. The molecule has 28 heavy (non-hydrogen) atoms. The number of aromatic nitrogens is 2. The van der Waals surface area contributed by atoms with Crippen molar-refractivity contribution in [3.8, 4) is 0 Å². The van der Waals surface area contributed by atoms with Crippen LogP contribution in [-0.2, 0) is 6.54 Å². The number of nitrogens with one attached hydrogen (secondary N) is 2. The number of benzene rings is 3. The molecule has 0 atom stereocenters. The number of pyridine rings is 2. The minimum atomic E-state index is -0.255. The van der Waals surface area contributed by atoms with Gasteiger partial charge in [-0.15, -0.1) is 0 Å². The molecule has 0 amide bonds. The average molecular weight is 410 g/mol. The zero-order chi connectivity index (χ0) is 19.6. The molecule has 0 fully saturated rings. The predicted octanol–water partition coefficient (Wildman–Crippen LogP) is 4.44. The second-order valence-corrected chi connectivity index (χ2v) is 7.44. The first kappa shape index (κ1) is 17.3. The van der Waals surface area contributed by atoms with Crippen LogP contribution < -0.4 is 16.6 Å². The molecule has 0 saturated carbocycles. The summed E-state index contributed by atoms with van der Waals surface area (Å²) in [5.74, 6) is 0. The summed E-state index contributed by atoms with van der Waals surface area (Å²) in [7, 11) is 0. The highest BCUT2D eigenvalue weighted by Crippen LogP contribution is 2.33. The van der Waals surface area contributed by atoms with Crippen molar-refractivity contribution in [3.63, 3.8) is 0 Å². The third-order valence-corrected chi connectivity index (χ3v) is 5.99. The van der Waals surface area contributed by atoms with Crippen LogP contribution >= 0.6 is 23.2 Å². The van der Waals surface area contributed by atoms with Gasteiger partial charge in [-0.2, -0.15) is 0 Å². The lowest BCUT2D eigenvalue weighted by atomic mass is 10.0. The fraction of sp³-hybridized carbons (Fsp3) is 0.0476. The first-order chi connectivity index (χ1) is 13.5. The summed E-state index contributed by atoms with van der Waals surface area (Å²) in [5.41, 5.74) is 8.40. The van der Waals surface area contributed by atoms with Gasteiger partial charge in [0.2, 0.25) is 0 Å². The smallest absolute Gasteiger partial charge is 0.198 e. The summed E-state index contributed by atoms with van der Waals surface area (Å²) in [6.07, 6.45) is 0. The minimum Gasteiger partial charge on any atom is -0.354 e. The van der Waals surface area contributed by atoms with Gasteiger partial charge in [0.1, 0.15) is 0 Å². The molecule has 0 aliphatic heterocycles. The lowest BCUT2D eigenvalue weighted by Gasteiger charge is -2.10. The Labute approximate surface area is 167 Å². The van der Waals surface area contributed by atoms with Gasteiger partial charge >= 0.3 is 0 Å². The monoisotopic (exact) mass is 409 g/mol. The molecular formula is C21H13Cl2N3O2. The summed E-state index contributed by atoms with van der Waals surface area (Å²) in [4.78, 5) is 32.5. The van der Waals surface area contributed by atoms with E-state index in [-0.39, 0.29) is 27.4 Å². The van der Waals surface area contributed by atoms with Gasteiger partial charge in [0.15, 0.2) is 10.9 Å². The van der Waals surface area contributed by atoms with Gasteiger partial charge in [-0.05, 0) is 35.9 Å². The zero-order valence-electron chi connectivity index (χ0n) is 14.4. The van der Waals surface area contributed by atoms with Crippen LogP contribution in [0.15, 0.2) is 52.1 Å². The van der Waals surface area contributed by atoms with E-state index in [9.17, 15) is 9.59 Å². The Hall–Kier alpha value is -2.86. The SMILES string of the molecule is NCc1cc2[nH]c3cc4c(=O)c5ccccc5[nH]c4cc3c(=O)c2c(Cl)c1Cl. The molecule has 5 rings (SSSR count). The van der Waals surface area contributed by atoms with E-state index in [4.69, 9.17) is 28.9 Å². The molecule has 4 N–H and O–H groups in total. The number of H-pyrrole nitrogens is 2. The van der Waals surface area contributed by atoms with Gasteiger partial charge in [0.25, 0.3) is 0 Å². The molecule has 2 aromatic heterocycles. The molecule has 3 aromatic carbocycles. The normalized spacial score (nSPS) is 11.8. The largest absolute Gasteiger partial charge is 0.354 e. The Balaban J connectivity index is 2.00.